The molecule has 0 bridgehead atoms. The largest absolute Gasteiger partial charge is 0.493 e. The molecule has 0 radical (unpaired) electrons. The minimum atomic E-state index is -0.995. The maximum Gasteiger partial charge on any atom is 0.324 e. The number of urea groups is 1. The summed E-state index contributed by atoms with van der Waals surface area (Å²) >= 11 is 0. The molecule has 124 valence electrons. The lowest BCUT2D eigenvalue weighted by atomic mass is 10.2. The Hall–Kier alpha value is -2.57. The predicted octanol–water partition coefficient (Wildman–Crippen LogP) is 1.25. The van der Waals surface area contributed by atoms with Gasteiger partial charge in [0.05, 0.1) is 13.0 Å². The lowest BCUT2D eigenvalue weighted by Gasteiger charge is -2.18. The summed E-state index contributed by atoms with van der Waals surface area (Å²) in [6.07, 6.45) is -0.970. The molecule has 1 N–H and O–H groups in total. The van der Waals surface area contributed by atoms with E-state index in [-0.39, 0.29) is 19.6 Å². The van der Waals surface area contributed by atoms with E-state index in [1.54, 1.807) is 6.07 Å². The van der Waals surface area contributed by atoms with Crippen molar-refractivity contribution in [3.8, 4) is 5.75 Å². The number of rotatable bonds is 6. The van der Waals surface area contributed by atoms with Gasteiger partial charge in [0.2, 0.25) is 0 Å². The van der Waals surface area contributed by atoms with Gasteiger partial charge in [-0.1, -0.05) is 12.1 Å². The lowest BCUT2D eigenvalue weighted by Crippen LogP contribution is -2.41. The maximum absolute atomic E-state index is 12.0. The van der Waals surface area contributed by atoms with Crippen LogP contribution in [0.2, 0.25) is 0 Å². The van der Waals surface area contributed by atoms with Crippen LogP contribution in [0.1, 0.15) is 18.9 Å². The van der Waals surface area contributed by atoms with Crippen LogP contribution in [-0.4, -0.2) is 48.6 Å². The first kappa shape index (κ1) is 16.8. The summed E-state index contributed by atoms with van der Waals surface area (Å²) in [5.74, 6) is -0.387. The first-order valence-electron chi connectivity index (χ1n) is 7.45. The highest BCUT2D eigenvalue weighted by molar-refractivity contribution is 5.98. The van der Waals surface area contributed by atoms with Gasteiger partial charge < -0.3 is 14.8 Å². The molecule has 23 heavy (non-hydrogen) atoms. The van der Waals surface area contributed by atoms with E-state index in [9.17, 15) is 14.4 Å². The van der Waals surface area contributed by atoms with Gasteiger partial charge in [0, 0.05) is 13.1 Å². The van der Waals surface area contributed by atoms with Gasteiger partial charge in [-0.15, -0.1) is 0 Å². The van der Waals surface area contributed by atoms with Crippen LogP contribution in [0.4, 0.5) is 4.79 Å². The van der Waals surface area contributed by atoms with E-state index in [1.807, 2.05) is 25.1 Å². The van der Waals surface area contributed by atoms with Crippen LogP contribution in [-0.2, 0) is 14.3 Å². The molecule has 7 nitrogen and oxygen atoms in total. The normalized spacial score (nSPS) is 15.0. The van der Waals surface area contributed by atoms with Crippen LogP contribution in [0.25, 0.3) is 0 Å². The third-order valence-electron chi connectivity index (χ3n) is 3.34. The molecule has 7 heteroatoms. The number of hydrogen-bond acceptors (Lipinski definition) is 5. The molecule has 0 aromatic heterocycles. The predicted molar refractivity (Wildman–Crippen MR) is 82.0 cm³/mol. The van der Waals surface area contributed by atoms with E-state index in [4.69, 9.17) is 9.47 Å². The number of ether oxygens (including phenoxy) is 2. The van der Waals surface area contributed by atoms with E-state index >= 15 is 0 Å². The summed E-state index contributed by atoms with van der Waals surface area (Å²) in [7, 11) is 0. The molecule has 1 aliphatic heterocycles. The molecular weight excluding hydrogens is 300 g/mol. The summed E-state index contributed by atoms with van der Waals surface area (Å²) in [6, 6.07) is 7.02. The van der Waals surface area contributed by atoms with Crippen molar-refractivity contribution in [2.24, 2.45) is 0 Å². The molecule has 1 saturated heterocycles. The fourth-order valence-electron chi connectivity index (χ4n) is 2.17. The molecule has 2 rings (SSSR count). The van der Waals surface area contributed by atoms with Gasteiger partial charge in [0.25, 0.3) is 5.91 Å². The van der Waals surface area contributed by atoms with Crippen LogP contribution in [0, 0.1) is 6.92 Å². The number of hydrogen-bond donors (Lipinski definition) is 1. The highest BCUT2D eigenvalue weighted by atomic mass is 16.6. The van der Waals surface area contributed by atoms with E-state index in [0.29, 0.717) is 12.3 Å². The Morgan fingerprint density at radius 3 is 2.83 bits per heavy atom. The maximum atomic E-state index is 12.0. The number of imide groups is 1. The second kappa shape index (κ2) is 7.62. The van der Waals surface area contributed by atoms with Crippen molar-refractivity contribution < 1.29 is 23.9 Å². The smallest absolute Gasteiger partial charge is 0.324 e. The third-order valence-corrected chi connectivity index (χ3v) is 3.34. The van der Waals surface area contributed by atoms with Gasteiger partial charge in [-0.2, -0.15) is 0 Å². The second-order valence-corrected chi connectivity index (χ2v) is 5.27. The molecule has 1 atom stereocenters. The lowest BCUT2D eigenvalue weighted by molar-refractivity contribution is -0.157. The zero-order valence-electron chi connectivity index (χ0n) is 13.2. The molecule has 1 aromatic carbocycles. The molecule has 1 fully saturated rings. The highest BCUT2D eigenvalue weighted by Crippen LogP contribution is 2.12. The Bertz CT molecular complexity index is 602. The minimum Gasteiger partial charge on any atom is -0.493 e. The second-order valence-electron chi connectivity index (χ2n) is 5.27. The molecular formula is C16H20N2O5. The first-order chi connectivity index (χ1) is 11.0. The van der Waals surface area contributed by atoms with Crippen molar-refractivity contribution >= 4 is 17.9 Å². The van der Waals surface area contributed by atoms with Gasteiger partial charge >= 0.3 is 12.0 Å². The van der Waals surface area contributed by atoms with Crippen molar-refractivity contribution in [2.45, 2.75) is 26.4 Å². The number of nitrogens with zero attached hydrogens (tertiary/aromatic N) is 1. The number of carbonyl (C=O) groups is 3. The van der Waals surface area contributed by atoms with E-state index in [2.05, 4.69) is 5.32 Å². The Morgan fingerprint density at radius 2 is 2.17 bits per heavy atom. The van der Waals surface area contributed by atoms with Crippen LogP contribution in [0.5, 0.6) is 5.75 Å². The minimum absolute atomic E-state index is 0.0256. The average molecular weight is 320 g/mol. The zero-order chi connectivity index (χ0) is 16.8. The number of esters is 1. The monoisotopic (exact) mass is 320 g/mol. The standard InChI is InChI=1S/C16H20N2O5/c1-11-4-3-5-13(10-11)22-9-6-14(19)23-12(2)15(20)18-8-7-17-16(18)21/h3-5,10,12H,6-9H2,1-2H3,(H,17,21)/t12-/m0/s1. The SMILES string of the molecule is Cc1cccc(OCCC(=O)O[C@@H](C)C(=O)N2CCNC2=O)c1. The van der Waals surface area contributed by atoms with Crippen molar-refractivity contribution in [3.63, 3.8) is 0 Å². The molecule has 0 aliphatic carbocycles. The number of aryl methyl sites for hydroxylation is 1. The van der Waals surface area contributed by atoms with E-state index in [0.717, 1.165) is 10.5 Å². The third kappa shape index (κ3) is 4.70. The van der Waals surface area contributed by atoms with Crippen LogP contribution in [0.3, 0.4) is 0 Å². The van der Waals surface area contributed by atoms with Crippen molar-refractivity contribution in [2.75, 3.05) is 19.7 Å². The summed E-state index contributed by atoms with van der Waals surface area (Å²) in [5, 5.41) is 2.52. The highest BCUT2D eigenvalue weighted by Gasteiger charge is 2.31. The molecule has 0 saturated carbocycles. The van der Waals surface area contributed by atoms with Crippen LogP contribution >= 0.6 is 0 Å². The van der Waals surface area contributed by atoms with Crippen LogP contribution in [0.15, 0.2) is 24.3 Å². The van der Waals surface area contributed by atoms with Crippen molar-refractivity contribution in [1.82, 2.24) is 10.2 Å². The summed E-state index contributed by atoms with van der Waals surface area (Å²) < 4.78 is 10.5. The summed E-state index contributed by atoms with van der Waals surface area (Å²) in [4.78, 5) is 36.2. The van der Waals surface area contributed by atoms with Crippen molar-refractivity contribution in [1.29, 1.82) is 0 Å². The summed E-state index contributed by atoms with van der Waals surface area (Å²) in [6.45, 7) is 4.26. The quantitative estimate of drug-likeness (QED) is 0.797. The Labute approximate surface area is 134 Å². The zero-order valence-corrected chi connectivity index (χ0v) is 13.2. The Morgan fingerprint density at radius 1 is 1.39 bits per heavy atom. The van der Waals surface area contributed by atoms with Gasteiger partial charge in [-0.3, -0.25) is 14.5 Å². The topological polar surface area (TPSA) is 84.9 Å². The molecule has 0 spiro atoms. The van der Waals surface area contributed by atoms with Gasteiger partial charge in [0.1, 0.15) is 5.75 Å². The Balaban J connectivity index is 1.73. The number of amides is 3. The summed E-state index contributed by atoms with van der Waals surface area (Å²) in [5.41, 5.74) is 1.06. The fraction of sp³-hybridized carbons (Fsp3) is 0.438. The fourth-order valence-corrected chi connectivity index (χ4v) is 2.17. The average Bonchev–Trinajstić information content (AvgIpc) is 2.92. The molecule has 1 aromatic rings. The molecule has 1 aliphatic rings. The van der Waals surface area contributed by atoms with E-state index < -0.39 is 24.0 Å². The molecule has 1 heterocycles. The molecule has 0 unspecified atom stereocenters. The van der Waals surface area contributed by atoms with Gasteiger partial charge in [0.15, 0.2) is 6.10 Å². The van der Waals surface area contributed by atoms with Gasteiger partial charge in [-0.05, 0) is 31.5 Å². The van der Waals surface area contributed by atoms with Crippen LogP contribution < -0.4 is 10.1 Å². The Kier molecular flexibility index (Phi) is 5.56. The van der Waals surface area contributed by atoms with Crippen molar-refractivity contribution in [3.05, 3.63) is 29.8 Å². The van der Waals surface area contributed by atoms with Gasteiger partial charge in [-0.25, -0.2) is 4.79 Å². The first-order valence-corrected chi connectivity index (χ1v) is 7.45. The number of carbonyl (C=O) groups excluding carboxylic acids is 3. The molecule has 3 amide bonds. The van der Waals surface area contributed by atoms with E-state index in [1.165, 1.54) is 6.92 Å². The number of nitrogens with one attached hydrogen (secondary N) is 1. The number of benzene rings is 1.